The number of carbonyl (C=O) groups excluding carboxylic acids is 3. The highest BCUT2D eigenvalue weighted by atomic mass is 32.1. The van der Waals surface area contributed by atoms with Gasteiger partial charge in [0.25, 0.3) is 5.91 Å². The SMILES string of the molecule is CCOC(=O)c1c(NC(=O)c2cccc(C)c2)sc(C(=O)OC(C)(C)C)c1C. The molecule has 6 nitrogen and oxygen atoms in total. The van der Waals surface area contributed by atoms with Gasteiger partial charge in [0.05, 0.1) is 12.2 Å². The Bertz CT molecular complexity index is 908. The molecule has 0 radical (unpaired) electrons. The van der Waals surface area contributed by atoms with Gasteiger partial charge in [-0.15, -0.1) is 11.3 Å². The lowest BCUT2D eigenvalue weighted by molar-refractivity contribution is 0.00744. The molecule has 28 heavy (non-hydrogen) atoms. The fraction of sp³-hybridized carbons (Fsp3) is 0.381. The summed E-state index contributed by atoms with van der Waals surface area (Å²) in [5.74, 6) is -1.51. The Morgan fingerprint density at radius 3 is 2.36 bits per heavy atom. The number of ether oxygens (including phenoxy) is 2. The molecular formula is C21H25NO5S. The number of nitrogens with one attached hydrogen (secondary N) is 1. The van der Waals surface area contributed by atoms with Gasteiger partial charge in [0.15, 0.2) is 0 Å². The van der Waals surface area contributed by atoms with E-state index in [4.69, 9.17) is 9.47 Å². The fourth-order valence-corrected chi connectivity index (χ4v) is 3.60. The zero-order valence-electron chi connectivity index (χ0n) is 17.0. The van der Waals surface area contributed by atoms with Crippen LogP contribution in [0.15, 0.2) is 24.3 Å². The lowest BCUT2D eigenvalue weighted by Gasteiger charge is -2.19. The van der Waals surface area contributed by atoms with Crippen molar-refractivity contribution in [1.29, 1.82) is 0 Å². The first-order valence-corrected chi connectivity index (χ1v) is 9.77. The van der Waals surface area contributed by atoms with Gasteiger partial charge < -0.3 is 14.8 Å². The summed E-state index contributed by atoms with van der Waals surface area (Å²) in [6.07, 6.45) is 0. The van der Waals surface area contributed by atoms with E-state index >= 15 is 0 Å². The number of anilines is 1. The van der Waals surface area contributed by atoms with Crippen LogP contribution in [0.4, 0.5) is 5.00 Å². The highest BCUT2D eigenvalue weighted by molar-refractivity contribution is 7.18. The molecule has 0 saturated carbocycles. The molecule has 0 saturated heterocycles. The molecule has 2 rings (SSSR count). The summed E-state index contributed by atoms with van der Waals surface area (Å²) in [5, 5.41) is 3.01. The molecule has 1 heterocycles. The number of hydrogen-bond donors (Lipinski definition) is 1. The molecule has 1 aromatic carbocycles. The summed E-state index contributed by atoms with van der Waals surface area (Å²) in [4.78, 5) is 37.9. The number of carbonyl (C=O) groups is 3. The number of rotatable bonds is 5. The van der Waals surface area contributed by atoms with Crippen LogP contribution in [-0.4, -0.2) is 30.1 Å². The van der Waals surface area contributed by atoms with Gasteiger partial charge in [-0.25, -0.2) is 9.59 Å². The largest absolute Gasteiger partial charge is 0.462 e. The van der Waals surface area contributed by atoms with Crippen molar-refractivity contribution in [2.75, 3.05) is 11.9 Å². The van der Waals surface area contributed by atoms with Crippen LogP contribution >= 0.6 is 11.3 Å². The van der Waals surface area contributed by atoms with Gasteiger partial charge in [0.1, 0.15) is 15.5 Å². The predicted octanol–water partition coefficient (Wildman–Crippen LogP) is 4.75. The quantitative estimate of drug-likeness (QED) is 0.729. The van der Waals surface area contributed by atoms with E-state index in [9.17, 15) is 14.4 Å². The summed E-state index contributed by atoms with van der Waals surface area (Å²) in [6, 6.07) is 7.09. The molecule has 0 aliphatic rings. The normalized spacial score (nSPS) is 11.1. The van der Waals surface area contributed by atoms with Crippen LogP contribution in [0.25, 0.3) is 0 Å². The summed E-state index contributed by atoms with van der Waals surface area (Å²) in [5.41, 5.74) is 1.32. The van der Waals surface area contributed by atoms with Crippen LogP contribution in [0, 0.1) is 13.8 Å². The number of hydrogen-bond acceptors (Lipinski definition) is 6. The minimum absolute atomic E-state index is 0.175. The molecule has 150 valence electrons. The minimum Gasteiger partial charge on any atom is -0.462 e. The second kappa shape index (κ2) is 8.56. The highest BCUT2D eigenvalue weighted by Crippen LogP contribution is 2.35. The molecule has 0 aliphatic heterocycles. The second-order valence-corrected chi connectivity index (χ2v) is 8.33. The van der Waals surface area contributed by atoms with Crippen LogP contribution in [0.1, 0.15) is 69.2 Å². The maximum atomic E-state index is 12.6. The molecule has 1 N–H and O–H groups in total. The van der Waals surface area contributed by atoms with Gasteiger partial charge in [-0.2, -0.15) is 0 Å². The Labute approximate surface area is 168 Å². The van der Waals surface area contributed by atoms with Crippen molar-refractivity contribution in [1.82, 2.24) is 0 Å². The second-order valence-electron chi connectivity index (χ2n) is 7.31. The van der Waals surface area contributed by atoms with E-state index in [-0.39, 0.29) is 28.0 Å². The maximum absolute atomic E-state index is 12.6. The first-order chi connectivity index (χ1) is 13.0. The van der Waals surface area contributed by atoms with Crippen molar-refractivity contribution < 1.29 is 23.9 Å². The van der Waals surface area contributed by atoms with E-state index in [1.165, 1.54) is 0 Å². The Morgan fingerprint density at radius 1 is 1.11 bits per heavy atom. The van der Waals surface area contributed by atoms with E-state index < -0.39 is 17.5 Å². The average molecular weight is 404 g/mol. The molecule has 0 spiro atoms. The van der Waals surface area contributed by atoms with Crippen molar-refractivity contribution in [3.05, 3.63) is 51.4 Å². The molecule has 0 bridgehead atoms. The highest BCUT2D eigenvalue weighted by Gasteiger charge is 2.29. The third-order valence-electron chi connectivity index (χ3n) is 3.72. The number of benzene rings is 1. The van der Waals surface area contributed by atoms with Crippen LogP contribution in [0.3, 0.4) is 0 Å². The predicted molar refractivity (Wildman–Crippen MR) is 109 cm³/mol. The Hall–Kier alpha value is -2.67. The van der Waals surface area contributed by atoms with Gasteiger partial charge in [0.2, 0.25) is 0 Å². The van der Waals surface area contributed by atoms with Gasteiger partial charge in [-0.05, 0) is 59.2 Å². The van der Waals surface area contributed by atoms with E-state index in [0.717, 1.165) is 16.9 Å². The topological polar surface area (TPSA) is 81.7 Å². The number of aryl methyl sites for hydroxylation is 1. The van der Waals surface area contributed by atoms with Crippen molar-refractivity contribution in [3.63, 3.8) is 0 Å². The van der Waals surface area contributed by atoms with Gasteiger partial charge >= 0.3 is 11.9 Å². The Morgan fingerprint density at radius 2 is 1.79 bits per heavy atom. The summed E-state index contributed by atoms with van der Waals surface area (Å²) >= 11 is 1.01. The third-order valence-corrected chi connectivity index (χ3v) is 4.91. The van der Waals surface area contributed by atoms with E-state index in [1.807, 2.05) is 13.0 Å². The van der Waals surface area contributed by atoms with E-state index in [1.54, 1.807) is 52.8 Å². The summed E-state index contributed by atoms with van der Waals surface area (Å²) in [6.45, 7) is 10.7. The minimum atomic E-state index is -0.678. The Kier molecular flexibility index (Phi) is 6.61. The average Bonchev–Trinajstić information content (AvgIpc) is 2.90. The smallest absolute Gasteiger partial charge is 0.349 e. The summed E-state index contributed by atoms with van der Waals surface area (Å²) in [7, 11) is 0. The van der Waals surface area contributed by atoms with Gasteiger partial charge in [-0.3, -0.25) is 4.79 Å². The third kappa shape index (κ3) is 5.19. The van der Waals surface area contributed by atoms with E-state index in [2.05, 4.69) is 5.32 Å². The standard InChI is InChI=1S/C21H25NO5S/c1-7-26-19(24)15-13(3)16(20(25)27-21(4,5)6)28-18(15)22-17(23)14-10-8-9-12(2)11-14/h8-11H,7H2,1-6H3,(H,22,23). The zero-order valence-corrected chi connectivity index (χ0v) is 17.8. The van der Waals surface area contributed by atoms with Crippen molar-refractivity contribution in [2.45, 2.75) is 47.1 Å². The molecule has 2 aromatic rings. The summed E-state index contributed by atoms with van der Waals surface area (Å²) < 4.78 is 10.5. The monoisotopic (exact) mass is 403 g/mol. The lowest BCUT2D eigenvalue weighted by Crippen LogP contribution is -2.23. The number of esters is 2. The molecular weight excluding hydrogens is 378 g/mol. The maximum Gasteiger partial charge on any atom is 0.349 e. The molecule has 0 fully saturated rings. The molecule has 0 atom stereocenters. The Balaban J connectivity index is 2.43. The number of thiophene rings is 1. The first kappa shape index (κ1) is 21.6. The van der Waals surface area contributed by atoms with Crippen LogP contribution in [0.5, 0.6) is 0 Å². The van der Waals surface area contributed by atoms with Gasteiger partial charge in [0, 0.05) is 5.56 Å². The zero-order chi connectivity index (χ0) is 21.1. The number of amides is 1. The molecule has 7 heteroatoms. The lowest BCUT2D eigenvalue weighted by atomic mass is 10.1. The van der Waals surface area contributed by atoms with Crippen molar-refractivity contribution in [2.24, 2.45) is 0 Å². The van der Waals surface area contributed by atoms with Gasteiger partial charge in [-0.1, -0.05) is 17.7 Å². The molecule has 1 amide bonds. The van der Waals surface area contributed by atoms with Crippen molar-refractivity contribution >= 4 is 34.2 Å². The van der Waals surface area contributed by atoms with Crippen LogP contribution in [0.2, 0.25) is 0 Å². The first-order valence-electron chi connectivity index (χ1n) is 8.95. The molecule has 0 unspecified atom stereocenters. The van der Waals surface area contributed by atoms with Crippen LogP contribution in [-0.2, 0) is 9.47 Å². The molecule has 1 aromatic heterocycles. The fourth-order valence-electron chi connectivity index (χ4n) is 2.53. The molecule has 0 aliphatic carbocycles. The van der Waals surface area contributed by atoms with Crippen molar-refractivity contribution in [3.8, 4) is 0 Å². The van der Waals surface area contributed by atoms with E-state index in [0.29, 0.717) is 11.1 Å². The van der Waals surface area contributed by atoms with Crippen LogP contribution < -0.4 is 5.32 Å².